The molecule has 0 bridgehead atoms. The number of nitrogens with one attached hydrogen (secondary N) is 1. The molecule has 0 heterocycles. The largest absolute Gasteiger partial charge is 0.483 e. The zero-order valence-corrected chi connectivity index (χ0v) is 15.3. The van der Waals surface area contributed by atoms with E-state index < -0.39 is 0 Å². The van der Waals surface area contributed by atoms with Gasteiger partial charge in [0, 0.05) is 13.7 Å². The quantitative estimate of drug-likeness (QED) is 0.662. The van der Waals surface area contributed by atoms with Crippen molar-refractivity contribution in [1.82, 2.24) is 0 Å². The van der Waals surface area contributed by atoms with Crippen LogP contribution in [-0.4, -0.2) is 12.5 Å². The van der Waals surface area contributed by atoms with Crippen molar-refractivity contribution in [1.29, 1.82) is 0 Å². The molecule has 0 aromatic heterocycles. The number of rotatable bonds is 5. The minimum Gasteiger partial charge on any atom is -0.483 e. The number of carbonyl (C=O) groups is 1. The predicted octanol–water partition coefficient (Wildman–Crippen LogP) is 4.63. The van der Waals surface area contributed by atoms with Gasteiger partial charge in [0.05, 0.1) is 0 Å². The molecular formula is C16H15BrINO2. The molecule has 2 aromatic carbocycles. The second-order valence-electron chi connectivity index (χ2n) is 4.45. The van der Waals surface area contributed by atoms with Gasteiger partial charge in [-0.2, -0.15) is 0 Å². The van der Waals surface area contributed by atoms with E-state index in [1.807, 2.05) is 42.5 Å². The lowest BCUT2D eigenvalue weighted by Gasteiger charge is -2.11. The zero-order valence-electron chi connectivity index (χ0n) is 11.5. The van der Waals surface area contributed by atoms with Gasteiger partial charge in [0.15, 0.2) is 6.61 Å². The SMILES string of the molecule is CCc1cc(Br)ccc1OCC(=O)Nc1ccc(I)cc1. The lowest BCUT2D eigenvalue weighted by molar-refractivity contribution is -0.118. The maximum absolute atomic E-state index is 11.9. The van der Waals surface area contributed by atoms with Crippen molar-refractivity contribution >= 4 is 50.1 Å². The molecule has 2 aromatic rings. The summed E-state index contributed by atoms with van der Waals surface area (Å²) >= 11 is 5.66. The summed E-state index contributed by atoms with van der Waals surface area (Å²) in [6.07, 6.45) is 0.855. The fraction of sp³-hybridized carbons (Fsp3) is 0.188. The van der Waals surface area contributed by atoms with Crippen LogP contribution in [0.2, 0.25) is 0 Å². The first-order chi connectivity index (χ1) is 10.1. The number of halogens is 2. The molecule has 2 rings (SSSR count). The first kappa shape index (κ1) is 16.3. The van der Waals surface area contributed by atoms with Gasteiger partial charge in [0.25, 0.3) is 5.91 Å². The van der Waals surface area contributed by atoms with E-state index >= 15 is 0 Å². The van der Waals surface area contributed by atoms with Crippen molar-refractivity contribution in [2.24, 2.45) is 0 Å². The van der Waals surface area contributed by atoms with Gasteiger partial charge in [-0.3, -0.25) is 4.79 Å². The Balaban J connectivity index is 1.93. The van der Waals surface area contributed by atoms with Crippen molar-refractivity contribution in [2.45, 2.75) is 13.3 Å². The number of aryl methyl sites for hydroxylation is 1. The lowest BCUT2D eigenvalue weighted by Crippen LogP contribution is -2.20. The average Bonchev–Trinajstić information content (AvgIpc) is 2.48. The highest BCUT2D eigenvalue weighted by Crippen LogP contribution is 2.23. The van der Waals surface area contributed by atoms with Crippen molar-refractivity contribution in [3.05, 3.63) is 56.1 Å². The highest BCUT2D eigenvalue weighted by molar-refractivity contribution is 14.1. The number of hydrogen-bond acceptors (Lipinski definition) is 2. The summed E-state index contributed by atoms with van der Waals surface area (Å²) in [7, 11) is 0. The van der Waals surface area contributed by atoms with Crippen LogP contribution in [0.15, 0.2) is 46.9 Å². The summed E-state index contributed by atoms with van der Waals surface area (Å²) in [5, 5.41) is 2.81. The topological polar surface area (TPSA) is 38.3 Å². The molecule has 0 radical (unpaired) electrons. The molecule has 0 spiro atoms. The summed E-state index contributed by atoms with van der Waals surface area (Å²) in [4.78, 5) is 11.9. The molecule has 1 N–H and O–H groups in total. The Morgan fingerprint density at radius 1 is 1.24 bits per heavy atom. The number of anilines is 1. The van der Waals surface area contributed by atoms with E-state index in [4.69, 9.17) is 4.74 Å². The first-order valence-electron chi connectivity index (χ1n) is 6.55. The van der Waals surface area contributed by atoms with E-state index in [1.165, 1.54) is 0 Å². The molecule has 0 unspecified atom stereocenters. The first-order valence-corrected chi connectivity index (χ1v) is 8.42. The van der Waals surface area contributed by atoms with Gasteiger partial charge in [0.2, 0.25) is 0 Å². The van der Waals surface area contributed by atoms with Gasteiger partial charge in [-0.25, -0.2) is 0 Å². The van der Waals surface area contributed by atoms with Crippen molar-refractivity contribution in [3.8, 4) is 5.75 Å². The van der Waals surface area contributed by atoms with Crippen LogP contribution in [-0.2, 0) is 11.2 Å². The summed E-state index contributed by atoms with van der Waals surface area (Å²) in [5.41, 5.74) is 1.85. The van der Waals surface area contributed by atoms with Crippen LogP contribution in [0, 0.1) is 3.57 Å². The molecule has 0 aliphatic carbocycles. The van der Waals surface area contributed by atoms with Gasteiger partial charge in [-0.1, -0.05) is 22.9 Å². The third-order valence-corrected chi connectivity index (χ3v) is 4.10. The highest BCUT2D eigenvalue weighted by atomic mass is 127. The molecule has 3 nitrogen and oxygen atoms in total. The number of carbonyl (C=O) groups excluding carboxylic acids is 1. The fourth-order valence-electron chi connectivity index (χ4n) is 1.84. The standard InChI is InChI=1S/C16H15BrINO2/c1-2-11-9-12(17)3-8-15(11)21-10-16(20)19-14-6-4-13(18)5-7-14/h3-9H,2,10H2,1H3,(H,19,20). The van der Waals surface area contributed by atoms with Crippen LogP contribution >= 0.6 is 38.5 Å². The summed E-state index contributed by atoms with van der Waals surface area (Å²) in [5.74, 6) is 0.583. The van der Waals surface area contributed by atoms with Crippen LogP contribution in [0.4, 0.5) is 5.69 Å². The van der Waals surface area contributed by atoms with Crippen LogP contribution < -0.4 is 10.1 Å². The Morgan fingerprint density at radius 3 is 2.62 bits per heavy atom. The smallest absolute Gasteiger partial charge is 0.262 e. The molecule has 1 amide bonds. The maximum Gasteiger partial charge on any atom is 0.262 e. The van der Waals surface area contributed by atoms with E-state index in [0.29, 0.717) is 0 Å². The van der Waals surface area contributed by atoms with Crippen molar-refractivity contribution in [2.75, 3.05) is 11.9 Å². The van der Waals surface area contributed by atoms with Crippen LogP contribution in [0.25, 0.3) is 0 Å². The average molecular weight is 460 g/mol. The molecule has 0 fully saturated rings. The third-order valence-electron chi connectivity index (χ3n) is 2.89. The van der Waals surface area contributed by atoms with Gasteiger partial charge in [-0.15, -0.1) is 0 Å². The van der Waals surface area contributed by atoms with Gasteiger partial charge in [0.1, 0.15) is 5.75 Å². The molecule has 110 valence electrons. The van der Waals surface area contributed by atoms with Gasteiger partial charge >= 0.3 is 0 Å². The van der Waals surface area contributed by atoms with E-state index in [2.05, 4.69) is 50.8 Å². The van der Waals surface area contributed by atoms with Crippen LogP contribution in [0.3, 0.4) is 0 Å². The minimum atomic E-state index is -0.166. The third kappa shape index (κ3) is 5.00. The zero-order chi connectivity index (χ0) is 15.2. The molecule has 0 saturated carbocycles. The Kier molecular flexibility index (Phi) is 6.05. The molecule has 0 saturated heterocycles. The molecule has 0 atom stereocenters. The molecule has 0 aliphatic heterocycles. The van der Waals surface area contributed by atoms with E-state index in [1.54, 1.807) is 0 Å². The van der Waals surface area contributed by atoms with Crippen molar-refractivity contribution in [3.63, 3.8) is 0 Å². The molecule has 21 heavy (non-hydrogen) atoms. The minimum absolute atomic E-state index is 0.000614. The van der Waals surface area contributed by atoms with Gasteiger partial charge < -0.3 is 10.1 Å². The number of amides is 1. The Morgan fingerprint density at radius 2 is 1.95 bits per heavy atom. The lowest BCUT2D eigenvalue weighted by atomic mass is 10.1. The Labute approximate surface area is 146 Å². The van der Waals surface area contributed by atoms with Crippen molar-refractivity contribution < 1.29 is 9.53 Å². The molecule has 5 heteroatoms. The van der Waals surface area contributed by atoms with Crippen LogP contribution in [0.1, 0.15) is 12.5 Å². The van der Waals surface area contributed by atoms with Crippen LogP contribution in [0.5, 0.6) is 5.75 Å². The predicted molar refractivity (Wildman–Crippen MR) is 96.8 cm³/mol. The number of ether oxygens (including phenoxy) is 1. The monoisotopic (exact) mass is 459 g/mol. The Hall–Kier alpha value is -1.08. The van der Waals surface area contributed by atoms with E-state index in [0.717, 1.165) is 31.5 Å². The number of hydrogen-bond donors (Lipinski definition) is 1. The summed E-state index contributed by atoms with van der Waals surface area (Å²) in [6.45, 7) is 2.06. The number of benzene rings is 2. The maximum atomic E-state index is 11.9. The second kappa shape index (κ2) is 7.79. The van der Waals surface area contributed by atoms with E-state index in [9.17, 15) is 4.79 Å². The fourth-order valence-corrected chi connectivity index (χ4v) is 2.61. The van der Waals surface area contributed by atoms with E-state index in [-0.39, 0.29) is 12.5 Å². The summed E-state index contributed by atoms with van der Waals surface area (Å²) in [6, 6.07) is 13.4. The molecule has 0 aliphatic rings. The summed E-state index contributed by atoms with van der Waals surface area (Å²) < 4.78 is 7.74. The van der Waals surface area contributed by atoms with Gasteiger partial charge in [-0.05, 0) is 77.0 Å². The second-order valence-corrected chi connectivity index (χ2v) is 6.61. The highest BCUT2D eigenvalue weighted by Gasteiger charge is 2.07. The molecular weight excluding hydrogens is 445 g/mol. The normalized spacial score (nSPS) is 10.2. The Bertz CT molecular complexity index is 629.